The van der Waals surface area contributed by atoms with Crippen molar-refractivity contribution in [2.45, 2.75) is 32.4 Å². The summed E-state index contributed by atoms with van der Waals surface area (Å²) in [5, 5.41) is 7.16. The molecule has 1 saturated heterocycles. The molecule has 1 fully saturated rings. The summed E-state index contributed by atoms with van der Waals surface area (Å²) in [4.78, 5) is 18.0. The van der Waals surface area contributed by atoms with E-state index in [2.05, 4.69) is 15.6 Å². The second-order valence-electron chi connectivity index (χ2n) is 7.55. The molecule has 1 amide bonds. The molecule has 0 bridgehead atoms. The molecule has 2 aromatic rings. The number of halogens is 2. The van der Waals surface area contributed by atoms with Crippen molar-refractivity contribution in [3.05, 3.63) is 52.5 Å². The number of hydrogen-bond donors (Lipinski definition) is 2. The lowest BCUT2D eigenvalue weighted by Gasteiger charge is -2.17. The van der Waals surface area contributed by atoms with Gasteiger partial charge in [0.05, 0.1) is 18.2 Å². The third-order valence-corrected chi connectivity index (χ3v) is 5.61. The molecule has 2 N–H and O–H groups in total. The van der Waals surface area contributed by atoms with Crippen LogP contribution in [0.2, 0.25) is 5.02 Å². The van der Waals surface area contributed by atoms with Crippen LogP contribution >= 0.6 is 35.6 Å². The summed E-state index contributed by atoms with van der Waals surface area (Å²) in [6.45, 7) is 3.20. The Hall–Kier alpha value is -2.20. The first kappa shape index (κ1) is 24.4. The first-order valence-corrected chi connectivity index (χ1v) is 10.9. The number of rotatable bonds is 5. The van der Waals surface area contributed by atoms with Gasteiger partial charge in [-0.15, -0.1) is 24.0 Å². The first-order valence-electron chi connectivity index (χ1n) is 10.6. The molecule has 0 spiro atoms. The van der Waals surface area contributed by atoms with E-state index in [0.29, 0.717) is 55.2 Å². The van der Waals surface area contributed by atoms with Gasteiger partial charge >= 0.3 is 0 Å². The van der Waals surface area contributed by atoms with Crippen LogP contribution in [0.5, 0.6) is 11.5 Å². The van der Waals surface area contributed by atoms with Crippen molar-refractivity contribution in [2.75, 3.05) is 31.7 Å². The van der Waals surface area contributed by atoms with Crippen LogP contribution in [0.3, 0.4) is 0 Å². The number of ether oxygens (including phenoxy) is 2. The van der Waals surface area contributed by atoms with Gasteiger partial charge in [-0.05, 0) is 41.8 Å². The highest BCUT2D eigenvalue weighted by molar-refractivity contribution is 14.0. The molecule has 0 aliphatic carbocycles. The van der Waals surface area contributed by atoms with Gasteiger partial charge in [0, 0.05) is 45.2 Å². The normalized spacial score (nSPS) is 15.8. The van der Waals surface area contributed by atoms with E-state index in [9.17, 15) is 4.79 Å². The standard InChI is InChI=1S/C23H27ClN4O3.HI/c1-25-23(26-14-16-5-7-18(8-6-16)28-9-2-4-21(28)29)27-15-17-12-19(24)22-20(13-17)30-10-3-11-31-22;/h5-8,12-13H,2-4,9-11,14-15H2,1H3,(H2,25,26,27);1H. The lowest BCUT2D eigenvalue weighted by atomic mass is 10.2. The van der Waals surface area contributed by atoms with Crippen LogP contribution in [0, 0.1) is 0 Å². The highest BCUT2D eigenvalue weighted by Gasteiger charge is 2.21. The summed E-state index contributed by atoms with van der Waals surface area (Å²) in [7, 11) is 1.73. The monoisotopic (exact) mass is 570 g/mol. The van der Waals surface area contributed by atoms with E-state index in [4.69, 9.17) is 21.1 Å². The third kappa shape index (κ3) is 5.98. The topological polar surface area (TPSA) is 75.2 Å². The summed E-state index contributed by atoms with van der Waals surface area (Å²) in [5.74, 6) is 2.18. The number of carbonyl (C=O) groups excluding carboxylic acids is 1. The third-order valence-electron chi connectivity index (χ3n) is 5.33. The molecular weight excluding hydrogens is 543 g/mol. The molecule has 32 heavy (non-hydrogen) atoms. The number of fused-ring (bicyclic) bond motifs is 1. The van der Waals surface area contributed by atoms with Gasteiger partial charge in [0.2, 0.25) is 5.91 Å². The molecule has 4 rings (SSSR count). The van der Waals surface area contributed by atoms with Crippen LogP contribution < -0.4 is 25.0 Å². The molecule has 172 valence electrons. The fraction of sp³-hybridized carbons (Fsp3) is 0.391. The molecule has 2 heterocycles. The maximum absolute atomic E-state index is 11.9. The number of guanidine groups is 1. The highest BCUT2D eigenvalue weighted by atomic mass is 127. The largest absolute Gasteiger partial charge is 0.489 e. The SMILES string of the molecule is CN=C(NCc1ccc(N2CCCC2=O)cc1)NCc1cc(Cl)c2c(c1)OCCCO2.I. The quantitative estimate of drug-likeness (QED) is 0.322. The van der Waals surface area contributed by atoms with Crippen molar-refractivity contribution in [3.63, 3.8) is 0 Å². The molecule has 2 aromatic carbocycles. The first-order chi connectivity index (χ1) is 15.1. The van der Waals surface area contributed by atoms with Crippen LogP contribution in [0.25, 0.3) is 0 Å². The second-order valence-corrected chi connectivity index (χ2v) is 7.96. The summed E-state index contributed by atoms with van der Waals surface area (Å²) in [6, 6.07) is 11.9. The summed E-state index contributed by atoms with van der Waals surface area (Å²) in [5.41, 5.74) is 3.05. The summed E-state index contributed by atoms with van der Waals surface area (Å²) < 4.78 is 11.4. The number of benzene rings is 2. The van der Waals surface area contributed by atoms with E-state index in [1.54, 1.807) is 7.05 Å². The van der Waals surface area contributed by atoms with Gasteiger partial charge in [-0.2, -0.15) is 0 Å². The van der Waals surface area contributed by atoms with Gasteiger partial charge in [0.15, 0.2) is 17.5 Å². The van der Waals surface area contributed by atoms with Gasteiger partial charge in [-0.1, -0.05) is 23.7 Å². The Bertz CT molecular complexity index is 968. The molecule has 0 unspecified atom stereocenters. The fourth-order valence-corrected chi connectivity index (χ4v) is 3.98. The predicted octanol–water partition coefficient (Wildman–Crippen LogP) is 4.11. The molecular formula is C23H28ClIN4O3. The Morgan fingerprint density at radius 2 is 1.78 bits per heavy atom. The summed E-state index contributed by atoms with van der Waals surface area (Å²) in [6.07, 6.45) is 2.41. The van der Waals surface area contributed by atoms with Gasteiger partial charge in [0.25, 0.3) is 0 Å². The number of hydrogen-bond acceptors (Lipinski definition) is 4. The molecule has 7 nitrogen and oxygen atoms in total. The smallest absolute Gasteiger partial charge is 0.227 e. The minimum atomic E-state index is 0. The van der Waals surface area contributed by atoms with Crippen LogP contribution in [-0.2, 0) is 17.9 Å². The molecule has 0 saturated carbocycles. The molecule has 0 radical (unpaired) electrons. The molecule has 2 aliphatic heterocycles. The molecule has 0 aromatic heterocycles. The second kappa shape index (κ2) is 11.6. The average Bonchev–Trinajstić information content (AvgIpc) is 3.06. The fourth-order valence-electron chi connectivity index (χ4n) is 3.69. The molecule has 2 aliphatic rings. The highest BCUT2D eigenvalue weighted by Crippen LogP contribution is 2.37. The van der Waals surface area contributed by atoms with Crippen molar-refractivity contribution in [3.8, 4) is 11.5 Å². The minimum Gasteiger partial charge on any atom is -0.489 e. The zero-order valence-corrected chi connectivity index (χ0v) is 21.1. The molecule has 0 atom stereocenters. The zero-order valence-electron chi connectivity index (χ0n) is 18.0. The van der Waals surface area contributed by atoms with Crippen LogP contribution in [0.4, 0.5) is 5.69 Å². The van der Waals surface area contributed by atoms with Crippen molar-refractivity contribution in [2.24, 2.45) is 4.99 Å². The van der Waals surface area contributed by atoms with E-state index < -0.39 is 0 Å². The number of anilines is 1. The number of nitrogens with zero attached hydrogens (tertiary/aromatic N) is 2. The Labute approximate surface area is 210 Å². The minimum absolute atomic E-state index is 0. The van der Waals surface area contributed by atoms with Gasteiger partial charge in [-0.3, -0.25) is 9.79 Å². The van der Waals surface area contributed by atoms with Crippen molar-refractivity contribution in [1.82, 2.24) is 10.6 Å². The number of nitrogens with one attached hydrogen (secondary N) is 2. The Morgan fingerprint density at radius 3 is 2.47 bits per heavy atom. The van der Waals surface area contributed by atoms with Crippen LogP contribution in [-0.4, -0.2) is 38.7 Å². The number of carbonyl (C=O) groups is 1. The molecule has 9 heteroatoms. The Morgan fingerprint density at radius 1 is 1.06 bits per heavy atom. The Kier molecular flexibility index (Phi) is 8.86. The van der Waals surface area contributed by atoms with Crippen molar-refractivity contribution < 1.29 is 14.3 Å². The van der Waals surface area contributed by atoms with Gasteiger partial charge in [-0.25, -0.2) is 0 Å². The lowest BCUT2D eigenvalue weighted by molar-refractivity contribution is -0.117. The lowest BCUT2D eigenvalue weighted by Crippen LogP contribution is -2.36. The van der Waals surface area contributed by atoms with Crippen molar-refractivity contribution >= 4 is 53.1 Å². The van der Waals surface area contributed by atoms with E-state index in [0.717, 1.165) is 36.2 Å². The van der Waals surface area contributed by atoms with Crippen LogP contribution in [0.15, 0.2) is 41.4 Å². The van der Waals surface area contributed by atoms with Gasteiger partial charge in [0.1, 0.15) is 0 Å². The maximum Gasteiger partial charge on any atom is 0.227 e. The Balaban J connectivity index is 0.00000289. The average molecular weight is 571 g/mol. The van der Waals surface area contributed by atoms with Crippen LogP contribution in [0.1, 0.15) is 30.4 Å². The van der Waals surface area contributed by atoms with Gasteiger partial charge < -0.3 is 25.0 Å². The number of aliphatic imine (C=N–C) groups is 1. The van der Waals surface area contributed by atoms with E-state index >= 15 is 0 Å². The van der Waals surface area contributed by atoms with E-state index in [-0.39, 0.29) is 29.9 Å². The van der Waals surface area contributed by atoms with Crippen molar-refractivity contribution in [1.29, 1.82) is 0 Å². The number of amides is 1. The zero-order chi connectivity index (χ0) is 21.6. The predicted molar refractivity (Wildman–Crippen MR) is 138 cm³/mol. The maximum atomic E-state index is 11.9. The van der Waals surface area contributed by atoms with E-state index in [1.165, 1.54) is 0 Å². The summed E-state index contributed by atoms with van der Waals surface area (Å²) >= 11 is 6.38. The van der Waals surface area contributed by atoms with E-state index in [1.807, 2.05) is 41.3 Å².